The van der Waals surface area contributed by atoms with Crippen LogP contribution in [-0.2, 0) is 0 Å². The first kappa shape index (κ1) is 9.55. The SMILES string of the molecule is FC(Cl)=C(F)c1nc2ccccc2s1. The van der Waals surface area contributed by atoms with Crippen LogP contribution in [0.15, 0.2) is 29.6 Å². The molecular weight excluding hydrogens is 228 g/mol. The second kappa shape index (κ2) is 3.63. The second-order valence-corrected chi connectivity index (χ2v) is 3.92. The molecule has 0 saturated heterocycles. The van der Waals surface area contributed by atoms with E-state index in [9.17, 15) is 8.78 Å². The minimum absolute atomic E-state index is 0.0290. The van der Waals surface area contributed by atoms with E-state index in [2.05, 4.69) is 4.98 Å². The molecule has 0 saturated carbocycles. The summed E-state index contributed by atoms with van der Waals surface area (Å²) in [6.45, 7) is 0. The normalized spacial score (nSPS) is 13.1. The molecule has 0 spiro atoms. The monoisotopic (exact) mass is 231 g/mol. The van der Waals surface area contributed by atoms with E-state index in [1.54, 1.807) is 18.2 Å². The largest absolute Gasteiger partial charge is 0.233 e. The van der Waals surface area contributed by atoms with Crippen molar-refractivity contribution in [2.75, 3.05) is 0 Å². The molecule has 2 aromatic rings. The molecule has 1 heterocycles. The summed E-state index contributed by atoms with van der Waals surface area (Å²) in [7, 11) is 0. The molecule has 1 aromatic heterocycles. The Bertz CT molecular complexity index is 469. The Morgan fingerprint density at radius 2 is 2.00 bits per heavy atom. The Labute approximate surface area is 87.6 Å². The molecule has 0 aliphatic heterocycles. The van der Waals surface area contributed by atoms with Crippen molar-refractivity contribution in [2.45, 2.75) is 0 Å². The summed E-state index contributed by atoms with van der Waals surface area (Å²) >= 11 is 5.96. The van der Waals surface area contributed by atoms with Gasteiger partial charge in [0.15, 0.2) is 5.01 Å². The van der Waals surface area contributed by atoms with Gasteiger partial charge in [-0.2, -0.15) is 8.78 Å². The maximum absolute atomic E-state index is 13.0. The van der Waals surface area contributed by atoms with Gasteiger partial charge < -0.3 is 0 Å². The predicted molar refractivity (Wildman–Crippen MR) is 54.6 cm³/mol. The lowest BCUT2D eigenvalue weighted by molar-refractivity contribution is 0.650. The topological polar surface area (TPSA) is 12.9 Å². The molecule has 1 aromatic carbocycles. The van der Waals surface area contributed by atoms with Gasteiger partial charge >= 0.3 is 0 Å². The third-order valence-corrected chi connectivity index (χ3v) is 2.84. The zero-order chi connectivity index (χ0) is 10.1. The van der Waals surface area contributed by atoms with Crippen LogP contribution in [0.25, 0.3) is 16.0 Å². The van der Waals surface area contributed by atoms with Crippen LogP contribution in [0.5, 0.6) is 0 Å². The molecule has 0 amide bonds. The van der Waals surface area contributed by atoms with Crippen LogP contribution in [0.3, 0.4) is 0 Å². The van der Waals surface area contributed by atoms with Gasteiger partial charge in [0.2, 0.25) is 11.1 Å². The lowest BCUT2D eigenvalue weighted by Gasteiger charge is -1.86. The fourth-order valence-electron chi connectivity index (χ4n) is 1.05. The van der Waals surface area contributed by atoms with E-state index in [1.807, 2.05) is 6.07 Å². The third-order valence-electron chi connectivity index (χ3n) is 1.65. The van der Waals surface area contributed by atoms with Crippen molar-refractivity contribution in [3.05, 3.63) is 34.6 Å². The minimum atomic E-state index is -1.36. The molecule has 72 valence electrons. The van der Waals surface area contributed by atoms with Crippen LogP contribution in [-0.4, -0.2) is 4.98 Å². The molecule has 0 aliphatic carbocycles. The van der Waals surface area contributed by atoms with Crippen molar-refractivity contribution in [1.29, 1.82) is 0 Å². The van der Waals surface area contributed by atoms with Crippen LogP contribution in [0.1, 0.15) is 5.01 Å². The number of para-hydroxylation sites is 1. The highest BCUT2D eigenvalue weighted by molar-refractivity contribution is 7.19. The number of nitrogens with zero attached hydrogens (tertiary/aromatic N) is 1. The van der Waals surface area contributed by atoms with Crippen molar-refractivity contribution in [2.24, 2.45) is 0 Å². The van der Waals surface area contributed by atoms with Gasteiger partial charge in [0.05, 0.1) is 10.2 Å². The van der Waals surface area contributed by atoms with Gasteiger partial charge in [-0.15, -0.1) is 11.3 Å². The van der Waals surface area contributed by atoms with E-state index in [1.165, 1.54) is 0 Å². The molecule has 0 bridgehead atoms. The summed E-state index contributed by atoms with van der Waals surface area (Å²) in [5, 5.41) is -1.39. The summed E-state index contributed by atoms with van der Waals surface area (Å²) in [6.07, 6.45) is 0. The van der Waals surface area contributed by atoms with Gasteiger partial charge in [-0.05, 0) is 23.7 Å². The molecule has 0 fully saturated rings. The zero-order valence-corrected chi connectivity index (χ0v) is 8.37. The fourth-order valence-corrected chi connectivity index (χ4v) is 2.09. The zero-order valence-electron chi connectivity index (χ0n) is 6.80. The van der Waals surface area contributed by atoms with Crippen molar-refractivity contribution in [1.82, 2.24) is 4.98 Å². The molecule has 1 nitrogen and oxygen atoms in total. The van der Waals surface area contributed by atoms with Gasteiger partial charge in [-0.1, -0.05) is 12.1 Å². The Kier molecular flexibility index (Phi) is 2.48. The molecule has 0 atom stereocenters. The summed E-state index contributed by atoms with van der Waals surface area (Å²) in [6, 6.07) is 7.11. The number of rotatable bonds is 1. The van der Waals surface area contributed by atoms with Crippen LogP contribution in [0.2, 0.25) is 0 Å². The summed E-state index contributed by atoms with van der Waals surface area (Å²) in [4.78, 5) is 3.90. The van der Waals surface area contributed by atoms with Crippen LogP contribution >= 0.6 is 22.9 Å². The van der Waals surface area contributed by atoms with Gasteiger partial charge in [0, 0.05) is 0 Å². The van der Waals surface area contributed by atoms with Gasteiger partial charge in [0.25, 0.3) is 0 Å². The van der Waals surface area contributed by atoms with Crippen LogP contribution in [0.4, 0.5) is 8.78 Å². The Morgan fingerprint density at radius 1 is 1.29 bits per heavy atom. The summed E-state index contributed by atoms with van der Waals surface area (Å²) in [5.41, 5.74) is 0.639. The minimum Gasteiger partial charge on any atom is -0.233 e. The highest BCUT2D eigenvalue weighted by atomic mass is 35.5. The number of hydrogen-bond acceptors (Lipinski definition) is 2. The van der Waals surface area contributed by atoms with Crippen molar-refractivity contribution in [3.8, 4) is 0 Å². The molecular formula is C9H4ClF2NS. The average molecular weight is 232 g/mol. The van der Waals surface area contributed by atoms with E-state index in [4.69, 9.17) is 11.6 Å². The summed E-state index contributed by atoms with van der Waals surface area (Å²) < 4.78 is 26.2. The van der Waals surface area contributed by atoms with Gasteiger partial charge in [0.1, 0.15) is 0 Å². The van der Waals surface area contributed by atoms with Crippen LogP contribution < -0.4 is 0 Å². The number of aromatic nitrogens is 1. The van der Waals surface area contributed by atoms with Crippen molar-refractivity contribution >= 4 is 39.0 Å². The lowest BCUT2D eigenvalue weighted by Crippen LogP contribution is -1.75. The number of thiazole rings is 1. The Balaban J connectivity index is 2.61. The average Bonchev–Trinajstić information content (AvgIpc) is 2.59. The highest BCUT2D eigenvalue weighted by Gasteiger charge is 2.12. The first-order valence-electron chi connectivity index (χ1n) is 3.75. The number of halogens is 3. The highest BCUT2D eigenvalue weighted by Crippen LogP contribution is 2.30. The predicted octanol–water partition coefficient (Wildman–Crippen LogP) is 4.10. The lowest BCUT2D eigenvalue weighted by atomic mass is 10.3. The molecule has 0 N–H and O–H groups in total. The van der Waals surface area contributed by atoms with Gasteiger partial charge in [-0.3, -0.25) is 0 Å². The molecule has 0 aliphatic rings. The Hall–Kier alpha value is -1.00. The van der Waals surface area contributed by atoms with Crippen LogP contribution in [0, 0.1) is 0 Å². The number of benzene rings is 1. The standard InChI is InChI=1S/C9H4ClF2NS/c10-8(12)7(11)9-13-5-3-1-2-4-6(5)14-9/h1-4H. The maximum atomic E-state index is 13.0. The van der Waals surface area contributed by atoms with Gasteiger partial charge in [-0.25, -0.2) is 4.98 Å². The second-order valence-electron chi connectivity index (χ2n) is 2.56. The fraction of sp³-hybridized carbons (Fsp3) is 0. The number of hydrogen-bond donors (Lipinski definition) is 0. The van der Waals surface area contributed by atoms with E-state index in [0.717, 1.165) is 16.0 Å². The molecule has 0 radical (unpaired) electrons. The molecule has 0 unspecified atom stereocenters. The van der Waals surface area contributed by atoms with E-state index >= 15 is 0 Å². The maximum Gasteiger partial charge on any atom is 0.228 e. The molecule has 14 heavy (non-hydrogen) atoms. The quantitative estimate of drug-likeness (QED) is 0.720. The smallest absolute Gasteiger partial charge is 0.228 e. The number of fused-ring (bicyclic) bond motifs is 1. The Morgan fingerprint density at radius 3 is 2.64 bits per heavy atom. The van der Waals surface area contributed by atoms with Crippen molar-refractivity contribution in [3.63, 3.8) is 0 Å². The first-order chi connectivity index (χ1) is 6.68. The van der Waals surface area contributed by atoms with E-state index < -0.39 is 11.1 Å². The van der Waals surface area contributed by atoms with E-state index in [-0.39, 0.29) is 5.01 Å². The summed E-state index contributed by atoms with van der Waals surface area (Å²) in [5.74, 6) is -1.10. The first-order valence-corrected chi connectivity index (χ1v) is 4.94. The molecule has 2 rings (SSSR count). The van der Waals surface area contributed by atoms with Crippen molar-refractivity contribution < 1.29 is 8.78 Å². The third kappa shape index (κ3) is 1.63. The molecule has 5 heteroatoms. The van der Waals surface area contributed by atoms with E-state index in [0.29, 0.717) is 5.52 Å².